The lowest BCUT2D eigenvalue weighted by atomic mass is 9.95. The van der Waals surface area contributed by atoms with Crippen molar-refractivity contribution < 1.29 is 9.59 Å². The van der Waals surface area contributed by atoms with Crippen molar-refractivity contribution in [3.8, 4) is 0 Å². The number of carbonyl (C=O) groups is 2. The second kappa shape index (κ2) is 8.25. The third-order valence-corrected chi connectivity index (χ3v) is 4.36. The number of carbonyl (C=O) groups excluding carboxylic acids is 2. The van der Waals surface area contributed by atoms with Crippen molar-refractivity contribution in [1.82, 2.24) is 16.0 Å². The lowest BCUT2D eigenvalue weighted by Gasteiger charge is -2.22. The van der Waals surface area contributed by atoms with E-state index in [9.17, 15) is 9.59 Å². The van der Waals surface area contributed by atoms with E-state index < -0.39 is 0 Å². The van der Waals surface area contributed by atoms with Crippen LogP contribution in [0.4, 0.5) is 0 Å². The van der Waals surface area contributed by atoms with E-state index in [1.807, 2.05) is 0 Å². The van der Waals surface area contributed by atoms with Crippen molar-refractivity contribution in [1.29, 1.82) is 0 Å². The van der Waals surface area contributed by atoms with Gasteiger partial charge >= 0.3 is 0 Å². The van der Waals surface area contributed by atoms with Crippen molar-refractivity contribution in [2.75, 3.05) is 19.6 Å². The van der Waals surface area contributed by atoms with Gasteiger partial charge in [0.1, 0.15) is 0 Å². The number of rotatable bonds is 6. The van der Waals surface area contributed by atoms with Crippen LogP contribution in [0.2, 0.25) is 0 Å². The molecule has 0 bridgehead atoms. The van der Waals surface area contributed by atoms with Crippen LogP contribution in [0.5, 0.6) is 0 Å². The van der Waals surface area contributed by atoms with E-state index in [1.165, 1.54) is 19.3 Å². The summed E-state index contributed by atoms with van der Waals surface area (Å²) in [7, 11) is 0. The van der Waals surface area contributed by atoms with E-state index in [2.05, 4.69) is 16.0 Å². The number of hydrogen-bond donors (Lipinski definition) is 3. The molecule has 2 amide bonds. The fourth-order valence-corrected chi connectivity index (χ4v) is 3.09. The minimum atomic E-state index is -0.0483. The predicted molar refractivity (Wildman–Crippen MR) is 78.2 cm³/mol. The van der Waals surface area contributed by atoms with Crippen LogP contribution < -0.4 is 16.0 Å². The van der Waals surface area contributed by atoms with Gasteiger partial charge in [0.25, 0.3) is 0 Å². The molecule has 1 heterocycles. The Morgan fingerprint density at radius 3 is 2.55 bits per heavy atom. The standard InChI is InChI=1S/C15H27N3O2/c19-14(7-6-12-8-9-16-10-12)17-11-15(20)18-13-4-2-1-3-5-13/h12-13,16H,1-11H2,(H,17,19)(H,18,20). The Hall–Kier alpha value is -1.10. The van der Waals surface area contributed by atoms with E-state index in [0.717, 1.165) is 38.8 Å². The fourth-order valence-electron chi connectivity index (χ4n) is 3.09. The van der Waals surface area contributed by atoms with Gasteiger partial charge in [-0.1, -0.05) is 19.3 Å². The maximum Gasteiger partial charge on any atom is 0.239 e. The Bertz CT molecular complexity index is 321. The van der Waals surface area contributed by atoms with Crippen LogP contribution in [0.15, 0.2) is 0 Å². The molecule has 0 spiro atoms. The smallest absolute Gasteiger partial charge is 0.239 e. The van der Waals surface area contributed by atoms with Crippen LogP contribution in [0.1, 0.15) is 51.4 Å². The Labute approximate surface area is 121 Å². The Morgan fingerprint density at radius 1 is 1.05 bits per heavy atom. The molecule has 20 heavy (non-hydrogen) atoms. The second-order valence-corrected chi connectivity index (χ2v) is 6.08. The highest BCUT2D eigenvalue weighted by molar-refractivity contribution is 5.84. The topological polar surface area (TPSA) is 70.2 Å². The summed E-state index contributed by atoms with van der Waals surface area (Å²) in [6, 6.07) is 0.317. The molecule has 2 fully saturated rings. The molecule has 5 nitrogen and oxygen atoms in total. The Balaban J connectivity index is 1.53. The number of amides is 2. The van der Waals surface area contributed by atoms with Gasteiger partial charge in [0.15, 0.2) is 0 Å². The molecule has 0 radical (unpaired) electrons. The lowest BCUT2D eigenvalue weighted by molar-refractivity contribution is -0.126. The molecule has 1 unspecified atom stereocenters. The molecule has 0 aromatic carbocycles. The average Bonchev–Trinajstić information content (AvgIpc) is 2.97. The molecule has 0 aromatic rings. The summed E-state index contributed by atoms with van der Waals surface area (Å²) >= 11 is 0. The zero-order valence-electron chi connectivity index (χ0n) is 12.2. The molecule has 0 aromatic heterocycles. The lowest BCUT2D eigenvalue weighted by Crippen LogP contribution is -2.42. The summed E-state index contributed by atoms with van der Waals surface area (Å²) < 4.78 is 0. The van der Waals surface area contributed by atoms with Crippen LogP contribution in [0.3, 0.4) is 0 Å². The zero-order valence-corrected chi connectivity index (χ0v) is 12.2. The number of nitrogens with one attached hydrogen (secondary N) is 3. The van der Waals surface area contributed by atoms with Crippen LogP contribution in [0, 0.1) is 5.92 Å². The molecule has 2 rings (SSSR count). The molecule has 3 N–H and O–H groups in total. The van der Waals surface area contributed by atoms with Crippen LogP contribution >= 0.6 is 0 Å². The minimum absolute atomic E-state index is 0.00399. The largest absolute Gasteiger partial charge is 0.352 e. The Kier molecular flexibility index (Phi) is 6.30. The van der Waals surface area contributed by atoms with Gasteiger partial charge in [-0.05, 0) is 44.7 Å². The first-order chi connectivity index (χ1) is 9.74. The van der Waals surface area contributed by atoms with Gasteiger partial charge in [-0.2, -0.15) is 0 Å². The zero-order chi connectivity index (χ0) is 14.2. The van der Waals surface area contributed by atoms with Crippen molar-refractivity contribution in [3.05, 3.63) is 0 Å². The third-order valence-electron chi connectivity index (χ3n) is 4.36. The molecule has 114 valence electrons. The van der Waals surface area contributed by atoms with Crippen molar-refractivity contribution in [3.63, 3.8) is 0 Å². The average molecular weight is 281 g/mol. The summed E-state index contributed by atoms with van der Waals surface area (Å²) in [6.45, 7) is 2.21. The monoisotopic (exact) mass is 281 g/mol. The van der Waals surface area contributed by atoms with Crippen molar-refractivity contribution >= 4 is 11.8 Å². The summed E-state index contributed by atoms with van der Waals surface area (Å²) in [5, 5.41) is 9.03. The van der Waals surface area contributed by atoms with E-state index in [-0.39, 0.29) is 18.4 Å². The third kappa shape index (κ3) is 5.49. The van der Waals surface area contributed by atoms with Crippen LogP contribution in [-0.2, 0) is 9.59 Å². The normalized spacial score (nSPS) is 23.5. The molecule has 1 saturated heterocycles. The van der Waals surface area contributed by atoms with Gasteiger partial charge in [0, 0.05) is 12.5 Å². The van der Waals surface area contributed by atoms with Crippen molar-refractivity contribution in [2.24, 2.45) is 5.92 Å². The van der Waals surface area contributed by atoms with Crippen molar-refractivity contribution in [2.45, 2.75) is 57.4 Å². The molecule has 5 heteroatoms. The maximum absolute atomic E-state index is 11.7. The highest BCUT2D eigenvalue weighted by Crippen LogP contribution is 2.17. The summed E-state index contributed by atoms with van der Waals surface area (Å²) in [5.41, 5.74) is 0. The van der Waals surface area contributed by atoms with Gasteiger partial charge < -0.3 is 16.0 Å². The summed E-state index contributed by atoms with van der Waals surface area (Å²) in [4.78, 5) is 23.4. The SMILES string of the molecule is O=C(CCC1CCNC1)NCC(=O)NC1CCCCC1. The first-order valence-corrected chi connectivity index (χ1v) is 8.01. The summed E-state index contributed by atoms with van der Waals surface area (Å²) in [5.74, 6) is 0.570. The van der Waals surface area contributed by atoms with Crippen LogP contribution in [-0.4, -0.2) is 37.5 Å². The summed E-state index contributed by atoms with van der Waals surface area (Å²) in [6.07, 6.45) is 8.45. The van der Waals surface area contributed by atoms with Gasteiger partial charge in [-0.3, -0.25) is 9.59 Å². The molecule has 1 atom stereocenters. The highest BCUT2D eigenvalue weighted by Gasteiger charge is 2.17. The van der Waals surface area contributed by atoms with E-state index in [1.54, 1.807) is 0 Å². The molecular weight excluding hydrogens is 254 g/mol. The fraction of sp³-hybridized carbons (Fsp3) is 0.867. The minimum Gasteiger partial charge on any atom is -0.352 e. The van der Waals surface area contributed by atoms with E-state index in [4.69, 9.17) is 0 Å². The highest BCUT2D eigenvalue weighted by atomic mass is 16.2. The molecule has 1 aliphatic carbocycles. The van der Waals surface area contributed by atoms with Gasteiger partial charge in [-0.15, -0.1) is 0 Å². The first kappa shape index (κ1) is 15.3. The quantitative estimate of drug-likeness (QED) is 0.678. The molecule has 1 saturated carbocycles. The van der Waals surface area contributed by atoms with Gasteiger partial charge in [0.05, 0.1) is 6.54 Å². The molecular formula is C15H27N3O2. The van der Waals surface area contributed by atoms with E-state index in [0.29, 0.717) is 18.4 Å². The first-order valence-electron chi connectivity index (χ1n) is 8.01. The maximum atomic E-state index is 11.7. The Morgan fingerprint density at radius 2 is 1.85 bits per heavy atom. The van der Waals surface area contributed by atoms with E-state index >= 15 is 0 Å². The second-order valence-electron chi connectivity index (χ2n) is 6.08. The predicted octanol–water partition coefficient (Wildman–Crippen LogP) is 0.941. The van der Waals surface area contributed by atoms with Gasteiger partial charge in [0.2, 0.25) is 11.8 Å². The molecule has 1 aliphatic heterocycles. The van der Waals surface area contributed by atoms with Gasteiger partial charge in [-0.25, -0.2) is 0 Å². The number of hydrogen-bond acceptors (Lipinski definition) is 3. The molecule has 2 aliphatic rings. The van der Waals surface area contributed by atoms with Crippen LogP contribution in [0.25, 0.3) is 0 Å².